The van der Waals surface area contributed by atoms with Gasteiger partial charge in [0.1, 0.15) is 0 Å². The normalized spacial score (nSPS) is 8.00. The zero-order chi connectivity index (χ0) is 5.86. The van der Waals surface area contributed by atoms with Gasteiger partial charge in [-0.3, -0.25) is 0 Å². The number of rotatable bonds is 2. The van der Waals surface area contributed by atoms with E-state index in [0.717, 1.165) is 0 Å². The summed E-state index contributed by atoms with van der Waals surface area (Å²) in [4.78, 5) is 10.5. The van der Waals surface area contributed by atoms with Gasteiger partial charge < -0.3 is 12.3 Å². The van der Waals surface area contributed by atoms with Crippen LogP contribution < -0.4 is 12.3 Å². The van der Waals surface area contributed by atoms with Crippen molar-refractivity contribution in [1.29, 1.82) is 0 Å². The monoisotopic (exact) mass is 318 g/mol. The van der Waals surface area contributed by atoms with Gasteiger partial charge in [-0.25, -0.2) is 0 Å². The topological polar surface area (TPSA) is 90.1 Å². The third kappa shape index (κ3) is 8.07. The Kier molecular flexibility index (Phi) is 14.4. The average Bonchev–Trinajstić information content (AvgIpc) is 1.65. The molecule has 0 atom stereocenters. The minimum absolute atomic E-state index is 0. The van der Waals surface area contributed by atoms with E-state index in [2.05, 4.69) is 6.58 Å². The molecule has 0 bridgehead atoms. The molecule has 0 unspecified atom stereocenters. The summed E-state index contributed by atoms with van der Waals surface area (Å²) in [6.45, 7) is 3.37. The molecule has 0 saturated carbocycles. The van der Waals surface area contributed by atoms with Gasteiger partial charge in [0.25, 0.3) is 0 Å². The van der Waals surface area contributed by atoms with E-state index >= 15 is 0 Å². The molecule has 0 heterocycles. The number of allylic oxidation sites excluding steroid dienone is 1. The minimum Gasteiger partial charge on any atom is -0.369 e. The summed E-state index contributed by atoms with van der Waals surface area (Å²) >= 11 is -1.10. The first kappa shape index (κ1) is 16.0. The summed E-state index contributed by atoms with van der Waals surface area (Å²) in [5, 5.41) is 4.00. The molecule has 0 rings (SSSR count). The van der Waals surface area contributed by atoms with Gasteiger partial charge in [0.2, 0.25) is 0 Å². The molecule has 9 heavy (non-hydrogen) atoms. The Morgan fingerprint density at radius 1 is 1.44 bits per heavy atom. The molecule has 0 amide bonds. The van der Waals surface area contributed by atoms with Crippen molar-refractivity contribution in [3.63, 3.8) is 0 Å². The zero-order valence-corrected chi connectivity index (χ0v) is 8.66. The van der Waals surface area contributed by atoms with E-state index in [1.807, 2.05) is 10.3 Å². The summed E-state index contributed by atoms with van der Waals surface area (Å²) in [7, 11) is 0. The fraction of sp³-hybridized carbons (Fsp3) is 0.400. The first-order chi connectivity index (χ1) is 3.18. The van der Waals surface area contributed by atoms with Gasteiger partial charge in [0, 0.05) is 0 Å². The van der Waals surface area contributed by atoms with E-state index in [4.69, 9.17) is 0 Å². The minimum atomic E-state index is -1.10. The second-order valence-electron chi connectivity index (χ2n) is 1.07. The number of carbonyl (C=O) groups is 1. The molecule has 8 N–H and O–H groups in total. The van der Waals surface area contributed by atoms with Crippen molar-refractivity contribution < 1.29 is 23.2 Å². The van der Waals surface area contributed by atoms with Crippen LogP contribution in [-0.4, -0.2) is 4.00 Å². The fourth-order valence-corrected chi connectivity index (χ4v) is 1.01. The fourth-order valence-electron chi connectivity index (χ4n) is 0.123. The van der Waals surface area contributed by atoms with Crippen molar-refractivity contribution in [1.82, 2.24) is 12.3 Å². The first-order valence-electron chi connectivity index (χ1n) is 1.65. The van der Waals surface area contributed by atoms with E-state index in [9.17, 15) is 4.79 Å². The Labute approximate surface area is 62.8 Å². The summed E-state index contributed by atoms with van der Waals surface area (Å²) in [5.74, 6) is 0. The summed E-state index contributed by atoms with van der Waals surface area (Å²) < 4.78 is 0.259. The quantitative estimate of drug-likeness (QED) is 0.593. The number of carbonyl (C=O) groups excluding carboxylic acids is 1. The molecule has 3 nitrogen and oxygen atoms in total. The van der Waals surface area contributed by atoms with Crippen LogP contribution in [0.15, 0.2) is 12.7 Å². The maximum atomic E-state index is 10.5. The van der Waals surface area contributed by atoms with Crippen molar-refractivity contribution in [2.45, 2.75) is 10.3 Å². The van der Waals surface area contributed by atoms with Crippen LogP contribution in [0.4, 0.5) is 0 Å². The maximum Gasteiger partial charge on any atom is -0.369 e. The molecule has 0 aromatic rings. The van der Waals surface area contributed by atoms with Crippen molar-refractivity contribution in [3.8, 4) is 0 Å². The third-order valence-corrected chi connectivity index (χ3v) is 3.02. The molecule has 0 aliphatic heterocycles. The molecule has 0 fully saturated rings. The van der Waals surface area contributed by atoms with E-state index in [0.29, 0.717) is 0 Å². The third-order valence-electron chi connectivity index (χ3n) is 0.442. The Hall–Kier alpha value is 0.0703. The molecule has 0 aromatic carbocycles. The molecule has 64 valence electrons. The molecule has 0 aromatic heterocycles. The van der Waals surface area contributed by atoms with Gasteiger partial charge in [0.05, 0.1) is 0 Å². The second-order valence-corrected chi connectivity index (χ2v) is 6.47. The van der Waals surface area contributed by atoms with E-state index in [-0.39, 0.29) is 16.3 Å². The average molecular weight is 318 g/mol. The summed E-state index contributed by atoms with van der Waals surface area (Å²) in [5.41, 5.74) is 0. The van der Waals surface area contributed by atoms with E-state index in [1.54, 1.807) is 0 Å². The second kappa shape index (κ2) is 8.07. The van der Waals surface area contributed by atoms with Crippen LogP contribution in [0.25, 0.3) is 0 Å². The van der Waals surface area contributed by atoms with Crippen molar-refractivity contribution in [2.75, 3.05) is 0 Å². The van der Waals surface area contributed by atoms with Crippen LogP contribution in [0.5, 0.6) is 0 Å². The molecule has 0 aliphatic rings. The van der Waals surface area contributed by atoms with E-state index in [1.165, 1.54) is 6.08 Å². The molecule has 0 aliphatic carbocycles. The first-order valence-corrected chi connectivity index (χ1v) is 7.07. The molecule has 0 saturated heterocycles. The Morgan fingerprint density at radius 3 is 1.78 bits per heavy atom. The molecular formula is C5H17AuN2O. The predicted octanol–water partition coefficient (Wildman–Crippen LogP) is 2.17. The van der Waals surface area contributed by atoms with Gasteiger partial charge in [-0.1, -0.05) is 0 Å². The smallest absolute Gasteiger partial charge is 0.369 e. The van der Waals surface area contributed by atoms with Crippen molar-refractivity contribution in [3.05, 3.63) is 12.7 Å². The number of hydrogen-bond donors (Lipinski definition) is 2. The Balaban J connectivity index is -0.000000180. The SMILES string of the molecule is C=C[C](=O)[Au-2]([CH3])[CH3].[NH4+].[NH4+]. The molecule has 0 radical (unpaired) electrons. The molecule has 4 heteroatoms. The van der Waals surface area contributed by atoms with Crippen molar-refractivity contribution in [2.24, 2.45) is 0 Å². The van der Waals surface area contributed by atoms with Gasteiger partial charge in [-0.2, -0.15) is 0 Å². The van der Waals surface area contributed by atoms with Crippen LogP contribution >= 0.6 is 0 Å². The molecular weight excluding hydrogens is 301 g/mol. The van der Waals surface area contributed by atoms with Crippen LogP contribution in [0.1, 0.15) is 0 Å². The summed E-state index contributed by atoms with van der Waals surface area (Å²) in [6.07, 6.45) is 1.42. The summed E-state index contributed by atoms with van der Waals surface area (Å²) in [6, 6.07) is 0. The van der Waals surface area contributed by atoms with Crippen LogP contribution in [0.2, 0.25) is 10.3 Å². The van der Waals surface area contributed by atoms with Crippen LogP contribution in [-0.2, 0) is 23.2 Å². The predicted molar refractivity (Wildman–Crippen MR) is 38.9 cm³/mol. The van der Waals surface area contributed by atoms with Gasteiger partial charge >= 0.3 is 50.2 Å². The Morgan fingerprint density at radius 2 is 1.78 bits per heavy atom. The largest absolute Gasteiger partial charge is 0.369 e. The number of hydrogen-bond acceptors (Lipinski definition) is 1. The standard InChI is InChI=1S/C3H3O.2CH3.Au.2H3N/c1-2-3-4;;;;;/h2H,1H2;2*1H3;;2*1H3/q;;;-2;;/p+2. The van der Waals surface area contributed by atoms with Crippen molar-refractivity contribution >= 4 is 4.00 Å². The maximum absolute atomic E-state index is 10.5. The van der Waals surface area contributed by atoms with Crippen LogP contribution in [0.3, 0.4) is 0 Å². The zero-order valence-electron chi connectivity index (χ0n) is 6.49. The Bertz CT molecular complexity index is 93.0. The van der Waals surface area contributed by atoms with Gasteiger partial charge in [-0.15, -0.1) is 0 Å². The van der Waals surface area contributed by atoms with Crippen LogP contribution in [0, 0.1) is 0 Å². The van der Waals surface area contributed by atoms with Gasteiger partial charge in [-0.05, 0) is 0 Å². The number of quaternary nitrogens is 2. The van der Waals surface area contributed by atoms with E-state index < -0.39 is 18.4 Å². The van der Waals surface area contributed by atoms with Gasteiger partial charge in [0.15, 0.2) is 0 Å². The molecule has 0 spiro atoms.